The van der Waals surface area contributed by atoms with Crippen molar-refractivity contribution in [3.05, 3.63) is 24.7 Å². The molecule has 3 heterocycles. The lowest BCUT2D eigenvalue weighted by Gasteiger charge is -2.01. The molecule has 0 aliphatic carbocycles. The number of nitrogens with one attached hydrogen (secondary N) is 1. The number of nitrogens with zero attached hydrogens (tertiary/aromatic N) is 3. The van der Waals surface area contributed by atoms with Crippen LogP contribution >= 0.6 is 11.3 Å². The van der Waals surface area contributed by atoms with Gasteiger partial charge in [-0.2, -0.15) is 0 Å². The van der Waals surface area contributed by atoms with Gasteiger partial charge in [0.15, 0.2) is 0 Å². The molecule has 0 bridgehead atoms. The Morgan fingerprint density at radius 2 is 2.25 bits per heavy atom. The van der Waals surface area contributed by atoms with E-state index in [9.17, 15) is 0 Å². The van der Waals surface area contributed by atoms with E-state index in [1.54, 1.807) is 23.9 Å². The van der Waals surface area contributed by atoms with Crippen LogP contribution in [0.4, 0.5) is 5.82 Å². The highest BCUT2D eigenvalue weighted by Gasteiger charge is 2.10. The number of anilines is 1. The largest absolute Gasteiger partial charge is 0.369 e. The Morgan fingerprint density at radius 1 is 1.31 bits per heavy atom. The van der Waals surface area contributed by atoms with E-state index in [4.69, 9.17) is 0 Å². The SMILES string of the molecule is CCNc1ncnc2c1sc1ncccc12. The molecule has 0 spiro atoms. The van der Waals surface area contributed by atoms with Crippen LogP contribution in [0.3, 0.4) is 0 Å². The number of rotatable bonds is 2. The molecule has 3 aromatic rings. The molecule has 5 heteroatoms. The van der Waals surface area contributed by atoms with Crippen molar-refractivity contribution in [1.82, 2.24) is 15.0 Å². The van der Waals surface area contributed by atoms with Crippen molar-refractivity contribution in [1.29, 1.82) is 0 Å². The van der Waals surface area contributed by atoms with E-state index >= 15 is 0 Å². The summed E-state index contributed by atoms with van der Waals surface area (Å²) in [6.07, 6.45) is 3.40. The lowest BCUT2D eigenvalue weighted by atomic mass is 10.3. The minimum atomic E-state index is 0.855. The molecule has 3 rings (SSSR count). The molecule has 4 nitrogen and oxygen atoms in total. The maximum absolute atomic E-state index is 4.34. The lowest BCUT2D eigenvalue weighted by Crippen LogP contribution is -1.99. The molecule has 1 N–H and O–H groups in total. The maximum Gasteiger partial charge on any atom is 0.147 e. The summed E-state index contributed by atoms with van der Waals surface area (Å²) in [6.45, 7) is 2.91. The predicted octanol–water partition coefficient (Wildman–Crippen LogP) is 2.67. The molecule has 0 aromatic carbocycles. The average Bonchev–Trinajstić information content (AvgIpc) is 2.69. The minimum absolute atomic E-state index is 0.855. The van der Waals surface area contributed by atoms with Gasteiger partial charge in [0.05, 0.1) is 10.2 Å². The van der Waals surface area contributed by atoms with Crippen molar-refractivity contribution in [3.63, 3.8) is 0 Å². The monoisotopic (exact) mass is 230 g/mol. The number of aromatic nitrogens is 3. The first-order valence-electron chi connectivity index (χ1n) is 5.12. The van der Waals surface area contributed by atoms with Gasteiger partial charge in [0.25, 0.3) is 0 Å². The Kier molecular flexibility index (Phi) is 2.18. The summed E-state index contributed by atoms with van der Waals surface area (Å²) in [5, 5.41) is 4.34. The Morgan fingerprint density at radius 3 is 3.12 bits per heavy atom. The van der Waals surface area contributed by atoms with Crippen LogP contribution in [-0.2, 0) is 0 Å². The van der Waals surface area contributed by atoms with Crippen LogP contribution in [-0.4, -0.2) is 21.5 Å². The lowest BCUT2D eigenvalue weighted by molar-refractivity contribution is 1.15. The Hall–Kier alpha value is -1.75. The van der Waals surface area contributed by atoms with E-state index in [-0.39, 0.29) is 0 Å². The number of pyridine rings is 1. The molecule has 0 atom stereocenters. The highest BCUT2D eigenvalue weighted by Crippen LogP contribution is 2.33. The molecular formula is C11H10N4S. The number of thiophene rings is 1. The third kappa shape index (κ3) is 1.32. The minimum Gasteiger partial charge on any atom is -0.369 e. The summed E-state index contributed by atoms with van der Waals surface area (Å²) in [5.74, 6) is 0.899. The van der Waals surface area contributed by atoms with E-state index in [0.717, 1.165) is 32.8 Å². The van der Waals surface area contributed by atoms with Gasteiger partial charge in [-0.05, 0) is 19.1 Å². The molecule has 0 radical (unpaired) electrons. The molecule has 0 fully saturated rings. The maximum atomic E-state index is 4.34. The van der Waals surface area contributed by atoms with Gasteiger partial charge in [-0.15, -0.1) is 11.3 Å². The third-order valence-electron chi connectivity index (χ3n) is 2.37. The van der Waals surface area contributed by atoms with Crippen molar-refractivity contribution < 1.29 is 0 Å². The fourth-order valence-electron chi connectivity index (χ4n) is 1.70. The molecule has 0 saturated carbocycles. The molecule has 0 unspecified atom stereocenters. The molecule has 0 aliphatic rings. The van der Waals surface area contributed by atoms with E-state index in [1.165, 1.54) is 0 Å². The molecule has 0 amide bonds. The summed E-state index contributed by atoms with van der Waals surface area (Å²) in [6, 6.07) is 3.98. The van der Waals surface area contributed by atoms with Gasteiger partial charge in [0.1, 0.15) is 17.0 Å². The number of fused-ring (bicyclic) bond motifs is 3. The van der Waals surface area contributed by atoms with Crippen LogP contribution in [0.25, 0.3) is 20.4 Å². The van der Waals surface area contributed by atoms with Crippen LogP contribution in [0.15, 0.2) is 24.7 Å². The van der Waals surface area contributed by atoms with Crippen molar-refractivity contribution in [2.75, 3.05) is 11.9 Å². The summed E-state index contributed by atoms with van der Waals surface area (Å²) in [7, 11) is 0. The Labute approximate surface area is 96.4 Å². The first-order chi connectivity index (χ1) is 7.90. The van der Waals surface area contributed by atoms with Crippen LogP contribution in [0, 0.1) is 0 Å². The summed E-state index contributed by atoms with van der Waals surface area (Å²) in [5.41, 5.74) is 0.985. The average molecular weight is 230 g/mol. The van der Waals surface area contributed by atoms with Crippen molar-refractivity contribution in [2.24, 2.45) is 0 Å². The topological polar surface area (TPSA) is 50.7 Å². The second-order valence-corrected chi connectivity index (χ2v) is 4.39. The zero-order chi connectivity index (χ0) is 11.0. The predicted molar refractivity (Wildman–Crippen MR) is 66.9 cm³/mol. The smallest absolute Gasteiger partial charge is 0.147 e. The standard InChI is InChI=1S/C11H10N4S/c1-2-12-10-9-8(14-6-15-10)7-4-3-5-13-11(7)16-9/h3-6H,2H2,1H3,(H,12,14,15). The van der Waals surface area contributed by atoms with E-state index in [1.807, 2.05) is 12.1 Å². The Balaban J connectivity index is 2.39. The van der Waals surface area contributed by atoms with Crippen LogP contribution in [0.1, 0.15) is 6.92 Å². The third-order valence-corrected chi connectivity index (χ3v) is 3.48. The number of hydrogen-bond donors (Lipinski definition) is 1. The summed E-state index contributed by atoms with van der Waals surface area (Å²) in [4.78, 5) is 13.9. The van der Waals surface area contributed by atoms with Gasteiger partial charge in [-0.3, -0.25) is 0 Å². The fraction of sp³-hybridized carbons (Fsp3) is 0.182. The fourth-order valence-corrected chi connectivity index (χ4v) is 2.77. The van der Waals surface area contributed by atoms with E-state index in [2.05, 4.69) is 27.2 Å². The molecule has 0 saturated heterocycles. The van der Waals surface area contributed by atoms with E-state index < -0.39 is 0 Å². The van der Waals surface area contributed by atoms with Crippen LogP contribution in [0.5, 0.6) is 0 Å². The molecule has 80 valence electrons. The zero-order valence-electron chi connectivity index (χ0n) is 8.77. The molecule has 16 heavy (non-hydrogen) atoms. The van der Waals surface area contributed by atoms with Gasteiger partial charge >= 0.3 is 0 Å². The second-order valence-electron chi connectivity index (χ2n) is 3.39. The first-order valence-corrected chi connectivity index (χ1v) is 5.94. The second kappa shape index (κ2) is 3.68. The van der Waals surface area contributed by atoms with Gasteiger partial charge in [-0.1, -0.05) is 0 Å². The van der Waals surface area contributed by atoms with Gasteiger partial charge in [0, 0.05) is 18.1 Å². The summed E-state index contributed by atoms with van der Waals surface area (Å²) >= 11 is 1.63. The highest BCUT2D eigenvalue weighted by molar-refractivity contribution is 7.25. The number of hydrogen-bond acceptors (Lipinski definition) is 5. The summed E-state index contributed by atoms with van der Waals surface area (Å²) < 4.78 is 1.08. The Bertz CT molecular complexity index is 647. The highest BCUT2D eigenvalue weighted by atomic mass is 32.1. The van der Waals surface area contributed by atoms with Crippen molar-refractivity contribution in [2.45, 2.75) is 6.92 Å². The zero-order valence-corrected chi connectivity index (χ0v) is 9.58. The quantitative estimate of drug-likeness (QED) is 0.735. The van der Waals surface area contributed by atoms with Gasteiger partial charge < -0.3 is 5.32 Å². The van der Waals surface area contributed by atoms with Crippen molar-refractivity contribution in [3.8, 4) is 0 Å². The van der Waals surface area contributed by atoms with Gasteiger partial charge in [0.2, 0.25) is 0 Å². The van der Waals surface area contributed by atoms with Gasteiger partial charge in [-0.25, -0.2) is 15.0 Å². The first kappa shape index (κ1) is 9.47. The van der Waals surface area contributed by atoms with Crippen LogP contribution in [0.2, 0.25) is 0 Å². The van der Waals surface area contributed by atoms with Crippen molar-refractivity contribution >= 4 is 37.6 Å². The molecular weight excluding hydrogens is 220 g/mol. The van der Waals surface area contributed by atoms with E-state index in [0.29, 0.717) is 0 Å². The molecule has 3 aromatic heterocycles. The molecule has 0 aliphatic heterocycles. The normalized spacial score (nSPS) is 11.1. The van der Waals surface area contributed by atoms with Crippen LogP contribution < -0.4 is 5.32 Å².